The van der Waals surface area contributed by atoms with E-state index in [2.05, 4.69) is 16.0 Å². The van der Waals surface area contributed by atoms with Crippen molar-refractivity contribution < 1.29 is 0 Å². The summed E-state index contributed by atoms with van der Waals surface area (Å²) in [5.41, 5.74) is 7.11. The Balaban J connectivity index is 2.27. The van der Waals surface area contributed by atoms with Crippen molar-refractivity contribution in [2.24, 2.45) is 5.73 Å². The molecule has 0 bridgehead atoms. The van der Waals surface area contributed by atoms with Crippen LogP contribution in [0.4, 0.5) is 5.82 Å². The molecule has 0 saturated heterocycles. The van der Waals surface area contributed by atoms with E-state index in [0.29, 0.717) is 31.1 Å². The lowest BCUT2D eigenvalue weighted by Crippen LogP contribution is -2.30. The van der Waals surface area contributed by atoms with Gasteiger partial charge < -0.3 is 10.6 Å². The van der Waals surface area contributed by atoms with Crippen molar-refractivity contribution in [2.75, 3.05) is 18.0 Å². The molecule has 0 radical (unpaired) electrons. The predicted molar refractivity (Wildman–Crippen MR) is 73.3 cm³/mol. The van der Waals surface area contributed by atoms with Crippen LogP contribution in [0.1, 0.15) is 11.3 Å². The van der Waals surface area contributed by atoms with Gasteiger partial charge in [-0.05, 0) is 5.56 Å². The van der Waals surface area contributed by atoms with Gasteiger partial charge >= 0.3 is 0 Å². The summed E-state index contributed by atoms with van der Waals surface area (Å²) in [6, 6.07) is 12.1. The molecule has 0 spiro atoms. The molecule has 0 aliphatic carbocycles. The van der Waals surface area contributed by atoms with Crippen LogP contribution in [0.15, 0.2) is 42.7 Å². The predicted octanol–water partition coefficient (Wildman–Crippen LogP) is 1.31. The summed E-state index contributed by atoms with van der Waals surface area (Å²) < 4.78 is 0. The van der Waals surface area contributed by atoms with E-state index in [-0.39, 0.29) is 0 Å². The Morgan fingerprint density at radius 3 is 2.58 bits per heavy atom. The molecule has 0 aliphatic heterocycles. The van der Waals surface area contributed by atoms with E-state index in [4.69, 9.17) is 11.0 Å². The zero-order valence-electron chi connectivity index (χ0n) is 10.5. The molecule has 19 heavy (non-hydrogen) atoms. The molecule has 0 amide bonds. The molecular weight excluding hydrogens is 238 g/mol. The van der Waals surface area contributed by atoms with Crippen LogP contribution in [0.2, 0.25) is 0 Å². The van der Waals surface area contributed by atoms with Crippen molar-refractivity contribution in [1.82, 2.24) is 9.97 Å². The Hall–Kier alpha value is -2.45. The number of hydrogen-bond donors (Lipinski definition) is 1. The van der Waals surface area contributed by atoms with Gasteiger partial charge in [-0.2, -0.15) is 5.26 Å². The van der Waals surface area contributed by atoms with Crippen LogP contribution < -0.4 is 10.6 Å². The highest BCUT2D eigenvalue weighted by Crippen LogP contribution is 2.16. The van der Waals surface area contributed by atoms with E-state index in [9.17, 15) is 0 Å². The lowest BCUT2D eigenvalue weighted by Gasteiger charge is -2.23. The monoisotopic (exact) mass is 253 g/mol. The number of hydrogen-bond acceptors (Lipinski definition) is 5. The molecule has 2 N–H and O–H groups in total. The van der Waals surface area contributed by atoms with Gasteiger partial charge in [-0.3, -0.25) is 0 Å². The molecule has 96 valence electrons. The molecule has 2 rings (SSSR count). The molecule has 0 atom stereocenters. The first-order valence-electron chi connectivity index (χ1n) is 6.05. The number of nitriles is 1. The van der Waals surface area contributed by atoms with Gasteiger partial charge in [0.1, 0.15) is 6.07 Å². The number of anilines is 1. The topological polar surface area (TPSA) is 78.8 Å². The number of rotatable bonds is 5. The second-order valence-electron chi connectivity index (χ2n) is 4.04. The molecule has 1 aromatic carbocycles. The highest BCUT2D eigenvalue weighted by molar-refractivity contribution is 5.49. The molecule has 1 aromatic heterocycles. The van der Waals surface area contributed by atoms with Gasteiger partial charge in [-0.15, -0.1) is 0 Å². The summed E-state index contributed by atoms with van der Waals surface area (Å²) >= 11 is 0. The fourth-order valence-electron chi connectivity index (χ4n) is 1.86. The summed E-state index contributed by atoms with van der Waals surface area (Å²) in [5.74, 6) is 0.583. The maximum absolute atomic E-state index is 9.09. The van der Waals surface area contributed by atoms with E-state index in [1.165, 1.54) is 6.20 Å². The van der Waals surface area contributed by atoms with Crippen LogP contribution in [0, 0.1) is 11.3 Å². The first-order valence-corrected chi connectivity index (χ1v) is 6.05. The summed E-state index contributed by atoms with van der Waals surface area (Å²) in [6.07, 6.45) is 3.11. The van der Waals surface area contributed by atoms with E-state index < -0.39 is 0 Å². The van der Waals surface area contributed by atoms with Crippen molar-refractivity contribution in [1.29, 1.82) is 5.26 Å². The minimum absolute atomic E-state index is 0.326. The van der Waals surface area contributed by atoms with Crippen molar-refractivity contribution in [2.45, 2.75) is 6.54 Å². The standard InChI is InChI=1S/C14H15N5/c15-6-9-19(11-12-4-2-1-3-5-12)14-13(10-16)17-7-8-18-14/h1-5,7-8H,6,9,11,15H2. The Morgan fingerprint density at radius 2 is 1.89 bits per heavy atom. The van der Waals surface area contributed by atoms with Gasteiger partial charge in [-0.25, -0.2) is 9.97 Å². The molecular formula is C14H15N5. The summed E-state index contributed by atoms with van der Waals surface area (Å²) in [6.45, 7) is 1.78. The SMILES string of the molecule is N#Cc1nccnc1N(CCN)Cc1ccccc1. The zero-order valence-corrected chi connectivity index (χ0v) is 10.5. The Bertz CT molecular complexity index is 562. The summed E-state index contributed by atoms with van der Waals surface area (Å²) in [4.78, 5) is 10.3. The molecule has 5 nitrogen and oxygen atoms in total. The van der Waals surface area contributed by atoms with Crippen LogP contribution in [-0.4, -0.2) is 23.1 Å². The van der Waals surface area contributed by atoms with Gasteiger partial charge in [0.15, 0.2) is 11.5 Å². The van der Waals surface area contributed by atoms with Crippen LogP contribution in [0.3, 0.4) is 0 Å². The molecule has 5 heteroatoms. The third kappa shape index (κ3) is 3.27. The summed E-state index contributed by atoms with van der Waals surface area (Å²) in [7, 11) is 0. The van der Waals surface area contributed by atoms with Crippen molar-refractivity contribution in [3.05, 3.63) is 54.0 Å². The Morgan fingerprint density at radius 1 is 1.16 bits per heavy atom. The molecule has 1 heterocycles. The minimum Gasteiger partial charge on any atom is -0.349 e. The third-order valence-electron chi connectivity index (χ3n) is 2.70. The first-order chi connectivity index (χ1) is 9.35. The highest BCUT2D eigenvalue weighted by Gasteiger charge is 2.13. The fourth-order valence-corrected chi connectivity index (χ4v) is 1.86. The quantitative estimate of drug-likeness (QED) is 0.869. The van der Waals surface area contributed by atoms with Crippen LogP contribution in [0.5, 0.6) is 0 Å². The zero-order chi connectivity index (χ0) is 13.5. The Labute approximate surface area is 112 Å². The second-order valence-corrected chi connectivity index (χ2v) is 4.04. The van der Waals surface area contributed by atoms with Gasteiger partial charge in [0.25, 0.3) is 0 Å². The smallest absolute Gasteiger partial charge is 0.183 e. The van der Waals surface area contributed by atoms with Crippen LogP contribution in [-0.2, 0) is 6.54 Å². The number of aromatic nitrogens is 2. The second kappa shape index (κ2) is 6.47. The van der Waals surface area contributed by atoms with Crippen LogP contribution >= 0.6 is 0 Å². The summed E-state index contributed by atoms with van der Waals surface area (Å²) in [5, 5.41) is 9.09. The lowest BCUT2D eigenvalue weighted by atomic mass is 10.2. The van der Waals surface area contributed by atoms with E-state index >= 15 is 0 Å². The molecule has 0 aliphatic rings. The maximum atomic E-state index is 9.09. The molecule has 0 saturated carbocycles. The number of nitrogens with two attached hydrogens (primary N) is 1. The first kappa shape index (κ1) is 13.0. The highest BCUT2D eigenvalue weighted by atomic mass is 15.2. The average Bonchev–Trinajstić information content (AvgIpc) is 2.48. The number of nitrogens with zero attached hydrogens (tertiary/aromatic N) is 4. The normalized spacial score (nSPS) is 9.89. The Kier molecular flexibility index (Phi) is 4.43. The van der Waals surface area contributed by atoms with E-state index in [1.54, 1.807) is 6.20 Å². The number of benzene rings is 1. The van der Waals surface area contributed by atoms with Gasteiger partial charge in [0, 0.05) is 32.0 Å². The van der Waals surface area contributed by atoms with Gasteiger partial charge in [-0.1, -0.05) is 30.3 Å². The van der Waals surface area contributed by atoms with Crippen molar-refractivity contribution in [3.63, 3.8) is 0 Å². The fraction of sp³-hybridized carbons (Fsp3) is 0.214. The maximum Gasteiger partial charge on any atom is 0.183 e. The van der Waals surface area contributed by atoms with Gasteiger partial charge in [0.05, 0.1) is 0 Å². The van der Waals surface area contributed by atoms with E-state index in [0.717, 1.165) is 5.56 Å². The average molecular weight is 253 g/mol. The van der Waals surface area contributed by atoms with Crippen LogP contribution in [0.25, 0.3) is 0 Å². The minimum atomic E-state index is 0.326. The molecule has 0 fully saturated rings. The largest absolute Gasteiger partial charge is 0.349 e. The van der Waals surface area contributed by atoms with Crippen molar-refractivity contribution in [3.8, 4) is 6.07 Å². The molecule has 0 unspecified atom stereocenters. The molecule has 2 aromatic rings. The van der Waals surface area contributed by atoms with E-state index in [1.807, 2.05) is 35.2 Å². The van der Waals surface area contributed by atoms with Gasteiger partial charge in [0.2, 0.25) is 0 Å². The third-order valence-corrected chi connectivity index (χ3v) is 2.70. The lowest BCUT2D eigenvalue weighted by molar-refractivity contribution is 0.770. The van der Waals surface area contributed by atoms with Crippen molar-refractivity contribution >= 4 is 5.82 Å².